The first-order valence-electron chi connectivity index (χ1n) is 4.78. The lowest BCUT2D eigenvalue weighted by molar-refractivity contribution is 0.437. The molecule has 0 spiro atoms. The molecule has 0 fully saturated rings. The Morgan fingerprint density at radius 3 is 2.80 bits per heavy atom. The van der Waals surface area contributed by atoms with Gasteiger partial charge in [0, 0.05) is 16.4 Å². The molecule has 1 rings (SSSR count). The van der Waals surface area contributed by atoms with Crippen molar-refractivity contribution >= 4 is 15.9 Å². The molecule has 0 bridgehead atoms. The Morgan fingerprint density at radius 1 is 1.60 bits per heavy atom. The van der Waals surface area contributed by atoms with Crippen LogP contribution in [0.5, 0.6) is 0 Å². The zero-order valence-corrected chi connectivity index (χ0v) is 10.3. The lowest BCUT2D eigenvalue weighted by Gasteiger charge is -2.24. The van der Waals surface area contributed by atoms with Gasteiger partial charge in [-0.3, -0.25) is 0 Å². The number of hydrogen-bond donors (Lipinski definition) is 1. The fourth-order valence-electron chi connectivity index (χ4n) is 1.34. The molecule has 0 radical (unpaired) electrons. The van der Waals surface area contributed by atoms with Crippen LogP contribution in [0.2, 0.25) is 0 Å². The first-order valence-corrected chi connectivity index (χ1v) is 5.57. The summed E-state index contributed by atoms with van der Waals surface area (Å²) < 4.78 is 14.0. The second-order valence-corrected chi connectivity index (χ2v) is 4.83. The Morgan fingerprint density at radius 2 is 2.27 bits per heavy atom. The van der Waals surface area contributed by atoms with Crippen LogP contribution in [0.4, 0.5) is 4.39 Å². The maximum atomic E-state index is 13.1. The first kappa shape index (κ1) is 12.4. The van der Waals surface area contributed by atoms with Crippen LogP contribution in [0.1, 0.15) is 12.5 Å². The Labute approximate surface area is 98.3 Å². The topological polar surface area (TPSA) is 26.0 Å². The molecule has 2 N–H and O–H groups in total. The van der Waals surface area contributed by atoms with Gasteiger partial charge in [0.05, 0.1) is 0 Å². The smallest absolute Gasteiger partial charge is 0.123 e. The van der Waals surface area contributed by atoms with E-state index < -0.39 is 0 Å². The summed E-state index contributed by atoms with van der Waals surface area (Å²) in [7, 11) is 0. The summed E-state index contributed by atoms with van der Waals surface area (Å²) in [6.07, 6.45) is 2.51. The summed E-state index contributed by atoms with van der Waals surface area (Å²) in [5.74, 6) is -0.225. The highest BCUT2D eigenvalue weighted by Crippen LogP contribution is 2.27. The van der Waals surface area contributed by atoms with E-state index in [9.17, 15) is 4.39 Å². The molecule has 3 heteroatoms. The van der Waals surface area contributed by atoms with Crippen LogP contribution in [0, 0.1) is 11.2 Å². The van der Waals surface area contributed by atoms with Crippen molar-refractivity contribution in [3.05, 3.63) is 46.7 Å². The van der Waals surface area contributed by atoms with Crippen molar-refractivity contribution in [1.29, 1.82) is 0 Å². The van der Waals surface area contributed by atoms with Gasteiger partial charge in [-0.25, -0.2) is 4.39 Å². The van der Waals surface area contributed by atoms with Gasteiger partial charge >= 0.3 is 0 Å². The van der Waals surface area contributed by atoms with Gasteiger partial charge in [-0.15, -0.1) is 6.58 Å². The minimum Gasteiger partial charge on any atom is -0.330 e. The highest BCUT2D eigenvalue weighted by Gasteiger charge is 2.20. The third kappa shape index (κ3) is 3.14. The SMILES string of the molecule is C=CC(C)(CN)Cc1cc(F)ccc1Br. The standard InChI is InChI=1S/C12H15BrFN/c1-3-12(2,8-15)7-9-6-10(14)4-5-11(9)13/h3-6H,1,7-8,15H2,2H3. The van der Waals surface area contributed by atoms with Crippen LogP contribution in [0.25, 0.3) is 0 Å². The number of benzene rings is 1. The summed E-state index contributed by atoms with van der Waals surface area (Å²) in [4.78, 5) is 0. The van der Waals surface area contributed by atoms with E-state index in [1.807, 2.05) is 13.0 Å². The predicted molar refractivity (Wildman–Crippen MR) is 65.2 cm³/mol. The molecule has 0 saturated heterocycles. The van der Waals surface area contributed by atoms with E-state index in [-0.39, 0.29) is 11.2 Å². The zero-order valence-electron chi connectivity index (χ0n) is 8.76. The van der Waals surface area contributed by atoms with Gasteiger partial charge in [-0.1, -0.05) is 28.9 Å². The molecular formula is C12H15BrFN. The van der Waals surface area contributed by atoms with Crippen molar-refractivity contribution in [2.45, 2.75) is 13.3 Å². The van der Waals surface area contributed by atoms with Gasteiger partial charge in [0.2, 0.25) is 0 Å². The second kappa shape index (κ2) is 4.90. The Kier molecular flexibility index (Phi) is 4.05. The molecule has 15 heavy (non-hydrogen) atoms. The molecule has 0 amide bonds. The second-order valence-electron chi connectivity index (χ2n) is 3.97. The molecule has 1 nitrogen and oxygen atoms in total. The van der Waals surface area contributed by atoms with Gasteiger partial charge in [0.15, 0.2) is 0 Å². The molecule has 0 aliphatic carbocycles. The first-order chi connectivity index (χ1) is 7.00. The number of rotatable bonds is 4. The van der Waals surface area contributed by atoms with Crippen LogP contribution in [-0.2, 0) is 6.42 Å². The van der Waals surface area contributed by atoms with Crippen molar-refractivity contribution < 1.29 is 4.39 Å². The summed E-state index contributed by atoms with van der Waals surface area (Å²) in [6.45, 7) is 6.27. The largest absolute Gasteiger partial charge is 0.330 e. The molecule has 1 aromatic carbocycles. The van der Waals surface area contributed by atoms with Gasteiger partial charge in [0.1, 0.15) is 5.82 Å². The normalized spacial score (nSPS) is 14.7. The Hall–Kier alpha value is -0.670. The molecule has 1 atom stereocenters. The van der Waals surface area contributed by atoms with Gasteiger partial charge in [-0.05, 0) is 30.2 Å². The molecule has 0 aliphatic rings. The van der Waals surface area contributed by atoms with Gasteiger partial charge in [-0.2, -0.15) is 0 Å². The van der Waals surface area contributed by atoms with E-state index in [2.05, 4.69) is 22.5 Å². The van der Waals surface area contributed by atoms with Crippen molar-refractivity contribution in [3.8, 4) is 0 Å². The Balaban J connectivity index is 2.97. The molecular weight excluding hydrogens is 257 g/mol. The molecule has 0 aromatic heterocycles. The quantitative estimate of drug-likeness (QED) is 0.836. The van der Waals surface area contributed by atoms with E-state index in [4.69, 9.17) is 5.73 Å². The van der Waals surface area contributed by atoms with Crippen LogP contribution in [0.15, 0.2) is 35.3 Å². The summed E-state index contributed by atoms with van der Waals surface area (Å²) in [6, 6.07) is 4.67. The highest BCUT2D eigenvalue weighted by atomic mass is 79.9. The van der Waals surface area contributed by atoms with E-state index in [1.54, 1.807) is 6.07 Å². The van der Waals surface area contributed by atoms with Gasteiger partial charge < -0.3 is 5.73 Å². The van der Waals surface area contributed by atoms with E-state index in [0.717, 1.165) is 10.0 Å². The number of halogens is 2. The maximum Gasteiger partial charge on any atom is 0.123 e. The highest BCUT2D eigenvalue weighted by molar-refractivity contribution is 9.10. The van der Waals surface area contributed by atoms with E-state index in [0.29, 0.717) is 13.0 Å². The lowest BCUT2D eigenvalue weighted by Crippen LogP contribution is -2.27. The minimum atomic E-state index is -0.225. The third-order valence-corrected chi connectivity index (χ3v) is 3.33. The predicted octanol–water partition coefficient (Wildman–Crippen LogP) is 3.28. The van der Waals surface area contributed by atoms with Crippen LogP contribution >= 0.6 is 15.9 Å². The average Bonchev–Trinajstić information content (AvgIpc) is 2.23. The monoisotopic (exact) mass is 271 g/mol. The molecule has 1 unspecified atom stereocenters. The fraction of sp³-hybridized carbons (Fsp3) is 0.333. The zero-order chi connectivity index (χ0) is 11.5. The number of nitrogens with two attached hydrogens (primary N) is 1. The average molecular weight is 272 g/mol. The summed E-state index contributed by atoms with van der Waals surface area (Å²) in [5, 5.41) is 0. The van der Waals surface area contributed by atoms with Crippen molar-refractivity contribution in [1.82, 2.24) is 0 Å². The van der Waals surface area contributed by atoms with Crippen LogP contribution in [-0.4, -0.2) is 6.54 Å². The fourth-order valence-corrected chi connectivity index (χ4v) is 1.73. The number of hydrogen-bond acceptors (Lipinski definition) is 1. The summed E-state index contributed by atoms with van der Waals surface area (Å²) in [5.41, 5.74) is 6.41. The molecule has 82 valence electrons. The molecule has 0 heterocycles. The van der Waals surface area contributed by atoms with Crippen LogP contribution in [0.3, 0.4) is 0 Å². The molecule has 0 saturated carbocycles. The van der Waals surface area contributed by atoms with Crippen molar-refractivity contribution in [3.63, 3.8) is 0 Å². The maximum absolute atomic E-state index is 13.1. The molecule has 1 aromatic rings. The third-order valence-electron chi connectivity index (χ3n) is 2.56. The summed E-state index contributed by atoms with van der Waals surface area (Å²) >= 11 is 3.40. The van der Waals surface area contributed by atoms with E-state index in [1.165, 1.54) is 12.1 Å². The van der Waals surface area contributed by atoms with Crippen molar-refractivity contribution in [2.75, 3.05) is 6.54 Å². The van der Waals surface area contributed by atoms with Crippen LogP contribution < -0.4 is 5.73 Å². The minimum absolute atomic E-state index is 0.184. The lowest BCUT2D eigenvalue weighted by atomic mass is 9.84. The Bertz CT molecular complexity index is 365. The van der Waals surface area contributed by atoms with Gasteiger partial charge in [0.25, 0.3) is 0 Å². The van der Waals surface area contributed by atoms with Crippen molar-refractivity contribution in [2.24, 2.45) is 11.1 Å². The van der Waals surface area contributed by atoms with E-state index >= 15 is 0 Å². The molecule has 0 aliphatic heterocycles.